The predicted octanol–water partition coefficient (Wildman–Crippen LogP) is 4.62. The molecule has 1 unspecified atom stereocenters. The second-order valence-corrected chi connectivity index (χ2v) is 7.66. The van der Waals surface area contributed by atoms with Gasteiger partial charge in [0, 0.05) is 12.0 Å². The minimum atomic E-state index is 0.175. The van der Waals surface area contributed by atoms with Crippen molar-refractivity contribution in [1.82, 2.24) is 5.32 Å². The molecule has 2 heterocycles. The van der Waals surface area contributed by atoms with Gasteiger partial charge in [-0.05, 0) is 57.0 Å². The number of hydrogen-bond donors (Lipinski definition) is 1. The summed E-state index contributed by atoms with van der Waals surface area (Å²) >= 11 is 8.85. The van der Waals surface area contributed by atoms with Crippen molar-refractivity contribution in [2.24, 2.45) is 0 Å². The minimum Gasteiger partial charge on any atom is -0.496 e. The Labute approximate surface area is 123 Å². The van der Waals surface area contributed by atoms with Crippen LogP contribution in [0.1, 0.15) is 31.4 Å². The van der Waals surface area contributed by atoms with Crippen LogP contribution >= 0.6 is 43.2 Å². The van der Waals surface area contributed by atoms with E-state index < -0.39 is 0 Å². The molecule has 0 amide bonds. The Kier molecular flexibility index (Phi) is 5.09. The SMILES string of the molecule is CCCNC(C1=CCCO1)c1cc(Br)sc1Br. The molecule has 1 atom stereocenters. The summed E-state index contributed by atoms with van der Waals surface area (Å²) in [5, 5.41) is 3.54. The van der Waals surface area contributed by atoms with Crippen LogP contribution in [0.5, 0.6) is 0 Å². The predicted molar refractivity (Wildman–Crippen MR) is 79.4 cm³/mol. The van der Waals surface area contributed by atoms with Gasteiger partial charge in [0.2, 0.25) is 0 Å². The summed E-state index contributed by atoms with van der Waals surface area (Å²) in [6, 6.07) is 2.33. The molecular formula is C12H15Br2NOS. The van der Waals surface area contributed by atoms with E-state index in [0.717, 1.165) is 39.3 Å². The molecule has 5 heteroatoms. The molecule has 17 heavy (non-hydrogen) atoms. The number of rotatable bonds is 5. The maximum atomic E-state index is 5.70. The number of nitrogens with one attached hydrogen (secondary N) is 1. The van der Waals surface area contributed by atoms with E-state index >= 15 is 0 Å². The van der Waals surface area contributed by atoms with Gasteiger partial charge >= 0.3 is 0 Å². The summed E-state index contributed by atoms with van der Waals surface area (Å²) in [5.74, 6) is 1.06. The van der Waals surface area contributed by atoms with E-state index in [1.807, 2.05) is 0 Å². The van der Waals surface area contributed by atoms with Gasteiger partial charge < -0.3 is 10.1 Å². The van der Waals surface area contributed by atoms with Crippen molar-refractivity contribution in [3.63, 3.8) is 0 Å². The summed E-state index contributed by atoms with van der Waals surface area (Å²) < 4.78 is 8.00. The molecule has 1 aromatic heterocycles. The zero-order valence-corrected chi connectivity index (χ0v) is 13.6. The summed E-state index contributed by atoms with van der Waals surface area (Å²) in [6.07, 6.45) is 4.32. The van der Waals surface area contributed by atoms with E-state index in [9.17, 15) is 0 Å². The number of hydrogen-bond acceptors (Lipinski definition) is 3. The molecule has 0 radical (unpaired) electrons. The number of halogens is 2. The van der Waals surface area contributed by atoms with Crippen molar-refractivity contribution in [2.45, 2.75) is 25.8 Å². The third-order valence-electron chi connectivity index (χ3n) is 2.61. The molecule has 0 saturated carbocycles. The zero-order valence-electron chi connectivity index (χ0n) is 9.63. The van der Waals surface area contributed by atoms with Crippen LogP contribution in [0.2, 0.25) is 0 Å². The van der Waals surface area contributed by atoms with Crippen LogP contribution in [0, 0.1) is 0 Å². The normalized spacial score (nSPS) is 16.8. The first kappa shape index (κ1) is 13.6. The molecule has 0 spiro atoms. The average molecular weight is 381 g/mol. The van der Waals surface area contributed by atoms with Crippen molar-refractivity contribution < 1.29 is 4.74 Å². The van der Waals surface area contributed by atoms with Crippen molar-refractivity contribution in [1.29, 1.82) is 0 Å². The van der Waals surface area contributed by atoms with Gasteiger partial charge in [-0.25, -0.2) is 0 Å². The topological polar surface area (TPSA) is 21.3 Å². The Morgan fingerprint density at radius 1 is 1.53 bits per heavy atom. The second kappa shape index (κ2) is 6.36. The van der Waals surface area contributed by atoms with Crippen molar-refractivity contribution >= 4 is 43.2 Å². The number of ether oxygens (including phenoxy) is 1. The molecular weight excluding hydrogens is 366 g/mol. The molecule has 94 valence electrons. The molecule has 2 nitrogen and oxygen atoms in total. The quantitative estimate of drug-likeness (QED) is 0.804. The molecule has 2 rings (SSSR count). The van der Waals surface area contributed by atoms with E-state index in [-0.39, 0.29) is 6.04 Å². The first-order valence-electron chi connectivity index (χ1n) is 5.73. The smallest absolute Gasteiger partial charge is 0.114 e. The fourth-order valence-corrected chi connectivity index (χ4v) is 4.74. The lowest BCUT2D eigenvalue weighted by molar-refractivity contribution is 0.215. The molecule has 0 aromatic carbocycles. The van der Waals surface area contributed by atoms with Crippen LogP contribution in [-0.2, 0) is 4.74 Å². The summed E-state index contributed by atoms with van der Waals surface area (Å²) in [7, 11) is 0. The maximum Gasteiger partial charge on any atom is 0.114 e. The van der Waals surface area contributed by atoms with Gasteiger partial charge in [0.25, 0.3) is 0 Å². The van der Waals surface area contributed by atoms with Gasteiger partial charge in [-0.3, -0.25) is 0 Å². The first-order valence-corrected chi connectivity index (χ1v) is 8.13. The fraction of sp³-hybridized carbons (Fsp3) is 0.500. The van der Waals surface area contributed by atoms with Crippen LogP contribution < -0.4 is 5.32 Å². The molecule has 1 aromatic rings. The van der Waals surface area contributed by atoms with Crippen LogP contribution in [0.3, 0.4) is 0 Å². The van der Waals surface area contributed by atoms with E-state index in [4.69, 9.17) is 4.74 Å². The summed E-state index contributed by atoms with van der Waals surface area (Å²) in [4.78, 5) is 0. The highest BCUT2D eigenvalue weighted by Crippen LogP contribution is 2.39. The highest BCUT2D eigenvalue weighted by Gasteiger charge is 2.23. The Hall–Kier alpha value is 0.160. The lowest BCUT2D eigenvalue weighted by Gasteiger charge is -2.19. The summed E-state index contributed by atoms with van der Waals surface area (Å²) in [5.41, 5.74) is 1.25. The van der Waals surface area contributed by atoms with E-state index in [2.05, 4.69) is 56.2 Å². The van der Waals surface area contributed by atoms with Crippen molar-refractivity contribution in [3.8, 4) is 0 Å². The highest BCUT2D eigenvalue weighted by atomic mass is 79.9. The third kappa shape index (κ3) is 3.34. The van der Waals surface area contributed by atoms with E-state index in [0.29, 0.717) is 0 Å². The lowest BCUT2D eigenvalue weighted by Crippen LogP contribution is -2.24. The van der Waals surface area contributed by atoms with E-state index in [1.54, 1.807) is 11.3 Å². The zero-order chi connectivity index (χ0) is 12.3. The van der Waals surface area contributed by atoms with Gasteiger partial charge in [0.1, 0.15) is 5.76 Å². The van der Waals surface area contributed by atoms with Gasteiger partial charge in [0.05, 0.1) is 20.2 Å². The molecule has 1 N–H and O–H groups in total. The van der Waals surface area contributed by atoms with Gasteiger partial charge in [0.15, 0.2) is 0 Å². The standard InChI is InChI=1S/C12H15Br2NOS/c1-2-5-15-11(9-4-3-6-16-9)8-7-10(13)17-12(8)14/h4,7,11,15H,2-3,5-6H2,1H3. The third-order valence-corrected chi connectivity index (χ3v) is 4.99. The fourth-order valence-electron chi connectivity index (χ4n) is 1.84. The minimum absolute atomic E-state index is 0.175. The maximum absolute atomic E-state index is 5.70. The Bertz CT molecular complexity index is 417. The van der Waals surface area contributed by atoms with Crippen LogP contribution in [-0.4, -0.2) is 13.2 Å². The molecule has 1 aliphatic rings. The van der Waals surface area contributed by atoms with Gasteiger partial charge in [-0.15, -0.1) is 11.3 Å². The highest BCUT2D eigenvalue weighted by molar-refractivity contribution is 9.12. The van der Waals surface area contributed by atoms with Gasteiger partial charge in [-0.1, -0.05) is 6.92 Å². The lowest BCUT2D eigenvalue weighted by atomic mass is 10.1. The second-order valence-electron chi connectivity index (χ2n) is 3.91. The van der Waals surface area contributed by atoms with Crippen LogP contribution in [0.25, 0.3) is 0 Å². The Balaban J connectivity index is 2.22. The van der Waals surface area contributed by atoms with Crippen LogP contribution in [0.4, 0.5) is 0 Å². The Morgan fingerprint density at radius 3 is 2.88 bits per heavy atom. The first-order chi connectivity index (χ1) is 8.22. The van der Waals surface area contributed by atoms with Crippen molar-refractivity contribution in [3.05, 3.63) is 31.0 Å². The largest absolute Gasteiger partial charge is 0.496 e. The monoisotopic (exact) mass is 379 g/mol. The molecule has 1 aliphatic heterocycles. The summed E-state index contributed by atoms with van der Waals surface area (Å²) in [6.45, 7) is 3.97. The number of thiophene rings is 1. The van der Waals surface area contributed by atoms with Gasteiger partial charge in [-0.2, -0.15) is 0 Å². The molecule has 0 bridgehead atoms. The Morgan fingerprint density at radius 2 is 2.35 bits per heavy atom. The van der Waals surface area contributed by atoms with Crippen molar-refractivity contribution in [2.75, 3.05) is 13.2 Å². The molecule has 0 aliphatic carbocycles. The van der Waals surface area contributed by atoms with Crippen LogP contribution in [0.15, 0.2) is 25.5 Å². The average Bonchev–Trinajstić information content (AvgIpc) is 2.90. The van der Waals surface area contributed by atoms with E-state index in [1.165, 1.54) is 5.56 Å². The molecule has 0 saturated heterocycles. The molecule has 0 fully saturated rings.